The minimum absolute atomic E-state index is 0.191. The fourth-order valence-corrected chi connectivity index (χ4v) is 3.94. The Kier molecular flexibility index (Phi) is 17.3. The van der Waals surface area contributed by atoms with E-state index in [2.05, 4.69) is 44.5 Å². The van der Waals surface area contributed by atoms with Crippen LogP contribution in [0, 0.1) is 18.3 Å². The first-order valence-corrected chi connectivity index (χ1v) is 12.5. The summed E-state index contributed by atoms with van der Waals surface area (Å²) in [7, 11) is 0. The van der Waals surface area contributed by atoms with Gasteiger partial charge in [-0.05, 0) is 67.2 Å². The molecule has 0 saturated carbocycles. The van der Waals surface area contributed by atoms with Gasteiger partial charge >= 0.3 is 0 Å². The van der Waals surface area contributed by atoms with Gasteiger partial charge < -0.3 is 5.73 Å². The maximum Gasteiger partial charge on any atom is 0.00859 e. The van der Waals surface area contributed by atoms with Crippen LogP contribution in [0.5, 0.6) is 0 Å². The second-order valence-corrected chi connectivity index (χ2v) is 8.53. The molecule has 0 aliphatic heterocycles. The monoisotopic (exact) mass is 411 g/mol. The molecule has 0 heterocycles. The Hall–Kier alpha value is -1.52. The summed E-state index contributed by atoms with van der Waals surface area (Å²) in [4.78, 5) is 0. The molecular weight excluding hydrogens is 362 g/mol. The molecule has 0 radical (unpaired) electrons. The lowest BCUT2D eigenvalue weighted by atomic mass is 9.80. The number of unbranched alkanes of at least 4 members (excludes halogenated alkanes) is 5. The third kappa shape index (κ3) is 12.2. The molecule has 2 atom stereocenters. The van der Waals surface area contributed by atoms with E-state index in [1.54, 1.807) is 11.1 Å². The molecule has 1 heteroatoms. The van der Waals surface area contributed by atoms with Crippen LogP contribution in [0.3, 0.4) is 0 Å². The standard InChI is InChI=1S/C21H33N.C6H10.C2H6/c1-4-5-6-7-8-18-9-10-21-15-19(11-12-20(21)14-18)16(2)13-17(3)22;1-3-5-6-4-2;1-2/h11-12,15,17-18H,2,4-10,13-14,22H2,1,3H3;1H,4-6H2,2H3;1-2H3. The van der Waals surface area contributed by atoms with Crippen molar-refractivity contribution in [3.63, 3.8) is 0 Å². The molecule has 0 amide bonds. The van der Waals surface area contributed by atoms with Crippen molar-refractivity contribution in [1.82, 2.24) is 0 Å². The Labute approximate surface area is 188 Å². The van der Waals surface area contributed by atoms with Crippen LogP contribution in [0.4, 0.5) is 0 Å². The molecular formula is C29H49N. The van der Waals surface area contributed by atoms with Gasteiger partial charge in [-0.3, -0.25) is 0 Å². The van der Waals surface area contributed by atoms with Crippen molar-refractivity contribution in [3.8, 4) is 12.3 Å². The number of hydrogen-bond donors (Lipinski definition) is 1. The lowest BCUT2D eigenvalue weighted by Gasteiger charge is -2.25. The summed E-state index contributed by atoms with van der Waals surface area (Å²) < 4.78 is 0. The van der Waals surface area contributed by atoms with Gasteiger partial charge in [0.1, 0.15) is 0 Å². The van der Waals surface area contributed by atoms with Crippen molar-refractivity contribution < 1.29 is 0 Å². The second-order valence-electron chi connectivity index (χ2n) is 8.53. The molecule has 1 nitrogen and oxygen atoms in total. The highest BCUT2D eigenvalue weighted by molar-refractivity contribution is 5.65. The number of benzene rings is 1. The second kappa shape index (κ2) is 18.3. The van der Waals surface area contributed by atoms with Crippen LogP contribution in [0.15, 0.2) is 24.8 Å². The SMILES string of the molecule is C#CCCCC.C=C(CC(C)N)c1ccc2c(c1)CCC(CCCCCC)C2.CC. The largest absolute Gasteiger partial charge is 0.328 e. The molecule has 2 N–H and O–H groups in total. The van der Waals surface area contributed by atoms with Crippen molar-refractivity contribution in [2.24, 2.45) is 11.7 Å². The zero-order valence-electron chi connectivity index (χ0n) is 20.7. The summed E-state index contributed by atoms with van der Waals surface area (Å²) in [6.07, 6.45) is 20.0. The quantitative estimate of drug-likeness (QED) is 0.304. The Morgan fingerprint density at radius 3 is 2.40 bits per heavy atom. The number of aryl methyl sites for hydroxylation is 1. The number of rotatable bonds is 10. The van der Waals surface area contributed by atoms with Crippen molar-refractivity contribution in [2.75, 3.05) is 0 Å². The van der Waals surface area contributed by atoms with Gasteiger partial charge in [-0.1, -0.05) is 91.0 Å². The number of hydrogen-bond acceptors (Lipinski definition) is 1. The first-order chi connectivity index (χ1) is 14.5. The highest BCUT2D eigenvalue weighted by Gasteiger charge is 2.19. The van der Waals surface area contributed by atoms with E-state index in [0.29, 0.717) is 0 Å². The molecule has 170 valence electrons. The van der Waals surface area contributed by atoms with E-state index >= 15 is 0 Å². The molecule has 2 unspecified atom stereocenters. The molecule has 1 aromatic carbocycles. The summed E-state index contributed by atoms with van der Waals surface area (Å²) in [6.45, 7) is 14.7. The molecule has 1 aliphatic rings. The summed E-state index contributed by atoms with van der Waals surface area (Å²) >= 11 is 0. The molecule has 1 aliphatic carbocycles. The molecule has 0 bridgehead atoms. The Morgan fingerprint density at radius 2 is 1.83 bits per heavy atom. The van der Waals surface area contributed by atoms with E-state index in [0.717, 1.165) is 18.8 Å². The molecule has 30 heavy (non-hydrogen) atoms. The van der Waals surface area contributed by atoms with Gasteiger partial charge in [0.25, 0.3) is 0 Å². The highest BCUT2D eigenvalue weighted by atomic mass is 14.6. The van der Waals surface area contributed by atoms with E-state index in [9.17, 15) is 0 Å². The number of fused-ring (bicyclic) bond motifs is 1. The minimum atomic E-state index is 0.191. The van der Waals surface area contributed by atoms with Crippen LogP contribution in [0.25, 0.3) is 5.57 Å². The van der Waals surface area contributed by atoms with Crippen LogP contribution >= 0.6 is 0 Å². The highest BCUT2D eigenvalue weighted by Crippen LogP contribution is 2.31. The van der Waals surface area contributed by atoms with Gasteiger partial charge in [-0.15, -0.1) is 12.3 Å². The first-order valence-electron chi connectivity index (χ1n) is 12.5. The van der Waals surface area contributed by atoms with Crippen molar-refractivity contribution >= 4 is 5.57 Å². The maximum atomic E-state index is 5.89. The third-order valence-electron chi connectivity index (χ3n) is 5.65. The molecule has 0 saturated heterocycles. The molecule has 1 aromatic rings. The van der Waals surface area contributed by atoms with E-state index < -0.39 is 0 Å². The zero-order chi connectivity index (χ0) is 22.8. The molecule has 0 aromatic heterocycles. The normalized spacial score (nSPS) is 15.4. The maximum absolute atomic E-state index is 5.89. The average molecular weight is 412 g/mol. The van der Waals surface area contributed by atoms with Gasteiger partial charge in [-0.25, -0.2) is 0 Å². The van der Waals surface area contributed by atoms with Gasteiger partial charge in [0.05, 0.1) is 0 Å². The minimum Gasteiger partial charge on any atom is -0.328 e. The lowest BCUT2D eigenvalue weighted by Crippen LogP contribution is -2.16. The summed E-state index contributed by atoms with van der Waals surface area (Å²) in [5.41, 5.74) is 11.5. The van der Waals surface area contributed by atoms with Gasteiger partial charge in [-0.2, -0.15) is 0 Å². The summed E-state index contributed by atoms with van der Waals surface area (Å²) in [6, 6.07) is 7.15. The lowest BCUT2D eigenvalue weighted by molar-refractivity contribution is 0.406. The fourth-order valence-electron chi connectivity index (χ4n) is 3.94. The van der Waals surface area contributed by atoms with Gasteiger partial charge in [0, 0.05) is 12.5 Å². The Bertz CT molecular complexity index is 605. The summed E-state index contributed by atoms with van der Waals surface area (Å²) in [5.74, 6) is 3.47. The van der Waals surface area contributed by atoms with E-state index in [-0.39, 0.29) is 6.04 Å². The van der Waals surface area contributed by atoms with Crippen LogP contribution in [-0.4, -0.2) is 6.04 Å². The van der Waals surface area contributed by atoms with Crippen molar-refractivity contribution in [1.29, 1.82) is 0 Å². The van der Waals surface area contributed by atoms with E-state index in [4.69, 9.17) is 12.2 Å². The predicted octanol–water partition coefficient (Wildman–Crippen LogP) is 8.35. The average Bonchev–Trinajstić information content (AvgIpc) is 2.76. The van der Waals surface area contributed by atoms with Gasteiger partial charge in [0.2, 0.25) is 0 Å². The summed E-state index contributed by atoms with van der Waals surface area (Å²) in [5, 5.41) is 0. The Balaban J connectivity index is 0.000000905. The molecule has 2 rings (SSSR count). The predicted molar refractivity (Wildman–Crippen MR) is 138 cm³/mol. The van der Waals surface area contributed by atoms with Crippen LogP contribution in [0.1, 0.15) is 116 Å². The van der Waals surface area contributed by atoms with E-state index in [1.807, 2.05) is 20.8 Å². The van der Waals surface area contributed by atoms with E-state index in [1.165, 1.54) is 75.3 Å². The Morgan fingerprint density at radius 1 is 1.13 bits per heavy atom. The fraction of sp³-hybridized carbons (Fsp3) is 0.655. The van der Waals surface area contributed by atoms with Crippen LogP contribution in [-0.2, 0) is 12.8 Å². The topological polar surface area (TPSA) is 26.0 Å². The molecule has 0 fully saturated rings. The van der Waals surface area contributed by atoms with Crippen molar-refractivity contribution in [2.45, 2.75) is 118 Å². The van der Waals surface area contributed by atoms with Crippen LogP contribution < -0.4 is 5.73 Å². The molecule has 0 spiro atoms. The number of nitrogens with two attached hydrogens (primary N) is 1. The zero-order valence-corrected chi connectivity index (χ0v) is 20.7. The first kappa shape index (κ1) is 28.5. The van der Waals surface area contributed by atoms with Gasteiger partial charge in [0.15, 0.2) is 0 Å². The smallest absolute Gasteiger partial charge is 0.00859 e. The number of terminal acetylenes is 1. The third-order valence-corrected chi connectivity index (χ3v) is 5.65. The van der Waals surface area contributed by atoms with Crippen LogP contribution in [0.2, 0.25) is 0 Å². The van der Waals surface area contributed by atoms with Crippen molar-refractivity contribution in [3.05, 3.63) is 41.5 Å².